The molecule has 0 radical (unpaired) electrons. The van der Waals surface area contributed by atoms with Gasteiger partial charge >= 0.3 is 12.1 Å². The highest BCUT2D eigenvalue weighted by atomic mass is 16.6. The van der Waals surface area contributed by atoms with Gasteiger partial charge in [-0.2, -0.15) is 0 Å². The maximum Gasteiger partial charge on any atom is 0.408 e. The van der Waals surface area contributed by atoms with E-state index in [1.54, 1.807) is 39.0 Å². The molecule has 3 atom stereocenters. The second kappa shape index (κ2) is 16.2. The number of hydrogen-bond acceptors (Lipinski definition) is 7. The third-order valence-electron chi connectivity index (χ3n) is 5.16. The van der Waals surface area contributed by atoms with Crippen molar-refractivity contribution in [3.05, 3.63) is 61.2 Å². The zero-order valence-corrected chi connectivity index (χ0v) is 21.8. The van der Waals surface area contributed by atoms with E-state index in [4.69, 9.17) is 14.6 Å². The number of hydrogen-bond donors (Lipinski definition) is 4. The van der Waals surface area contributed by atoms with Crippen LogP contribution in [0.5, 0.6) is 0 Å². The number of esters is 1. The summed E-state index contributed by atoms with van der Waals surface area (Å²) in [5, 5.41) is 17.0. The largest absolute Gasteiger partial charge is 0.462 e. The van der Waals surface area contributed by atoms with Gasteiger partial charge in [0.2, 0.25) is 11.8 Å². The average molecular weight is 518 g/mol. The highest BCUT2D eigenvalue weighted by Gasteiger charge is 2.30. The number of aliphatic hydroxyl groups excluding tert-OH is 1. The van der Waals surface area contributed by atoms with Crippen LogP contribution in [0.2, 0.25) is 0 Å². The van der Waals surface area contributed by atoms with Crippen LogP contribution in [0.4, 0.5) is 4.79 Å². The summed E-state index contributed by atoms with van der Waals surface area (Å²) < 4.78 is 10.5. The molecule has 37 heavy (non-hydrogen) atoms. The fraction of sp³-hybridized carbons (Fsp3) is 0.481. The van der Waals surface area contributed by atoms with E-state index >= 15 is 0 Å². The maximum absolute atomic E-state index is 12.8. The van der Waals surface area contributed by atoms with E-state index in [0.717, 1.165) is 5.56 Å². The zero-order valence-electron chi connectivity index (χ0n) is 21.8. The number of allylic oxidation sites excluding steroid dienone is 1. The van der Waals surface area contributed by atoms with Gasteiger partial charge in [0.15, 0.2) is 0 Å². The molecule has 0 aromatic heterocycles. The second-order valence-electron chi connectivity index (χ2n) is 9.34. The van der Waals surface area contributed by atoms with Gasteiger partial charge in [-0.1, -0.05) is 42.5 Å². The first-order valence-electron chi connectivity index (χ1n) is 12.1. The zero-order chi connectivity index (χ0) is 27.8. The van der Waals surface area contributed by atoms with Crippen LogP contribution in [0.3, 0.4) is 0 Å². The maximum atomic E-state index is 12.8. The van der Waals surface area contributed by atoms with Crippen molar-refractivity contribution in [2.45, 2.75) is 64.3 Å². The molecule has 10 nitrogen and oxygen atoms in total. The first-order chi connectivity index (χ1) is 17.5. The highest BCUT2D eigenvalue weighted by molar-refractivity contribution is 5.86. The number of amides is 3. The molecule has 0 bridgehead atoms. The smallest absolute Gasteiger partial charge is 0.408 e. The molecule has 10 heteroatoms. The van der Waals surface area contributed by atoms with Gasteiger partial charge in [-0.3, -0.25) is 9.59 Å². The number of aliphatic hydroxyl groups is 1. The summed E-state index contributed by atoms with van der Waals surface area (Å²) in [5.74, 6) is -2.17. The minimum atomic E-state index is -1.02. The molecule has 3 amide bonds. The van der Waals surface area contributed by atoms with E-state index in [9.17, 15) is 19.2 Å². The van der Waals surface area contributed by atoms with E-state index < -0.39 is 41.5 Å². The summed E-state index contributed by atoms with van der Waals surface area (Å²) in [5.41, 5.74) is -0.166. The van der Waals surface area contributed by atoms with Crippen LogP contribution in [0.1, 0.15) is 45.6 Å². The van der Waals surface area contributed by atoms with Crippen LogP contribution in [0, 0.1) is 5.92 Å². The van der Waals surface area contributed by atoms with Gasteiger partial charge in [0.1, 0.15) is 19.3 Å². The predicted octanol–water partition coefficient (Wildman–Crippen LogP) is 2.37. The van der Waals surface area contributed by atoms with Crippen LogP contribution in [0.15, 0.2) is 55.6 Å². The molecule has 1 aromatic carbocycles. The minimum absolute atomic E-state index is 0.0460. The fourth-order valence-corrected chi connectivity index (χ4v) is 3.20. The van der Waals surface area contributed by atoms with Crippen LogP contribution < -0.4 is 16.0 Å². The van der Waals surface area contributed by atoms with E-state index in [-0.39, 0.29) is 45.0 Å². The molecule has 0 aliphatic carbocycles. The Morgan fingerprint density at radius 2 is 1.68 bits per heavy atom. The standard InChI is InChI=1S/C27H39N3O7/c1-6-11-21(15-23(32)28-19(3)16-31)24(33)30-27(4,5)18-37-25(34)22(12-7-2)29-26(35)36-17-20-13-9-8-10-14-20/h6-10,13-14,19,21-22,31H,1-2,11-12,15-18H2,3-5H3,(H,28,32)(H,29,35)(H,30,33)/t19-,21+,22+/m0/s1. The topological polar surface area (TPSA) is 143 Å². The second-order valence-corrected chi connectivity index (χ2v) is 9.34. The molecule has 0 saturated carbocycles. The number of carbonyl (C=O) groups is 4. The summed E-state index contributed by atoms with van der Waals surface area (Å²) in [6.45, 7) is 11.9. The van der Waals surface area contributed by atoms with Gasteiger partial charge in [-0.05, 0) is 39.2 Å². The lowest BCUT2D eigenvalue weighted by atomic mass is 9.97. The van der Waals surface area contributed by atoms with Crippen LogP contribution in [-0.2, 0) is 30.5 Å². The molecular formula is C27H39N3O7. The third kappa shape index (κ3) is 12.7. The van der Waals surface area contributed by atoms with E-state index in [1.165, 1.54) is 6.08 Å². The molecule has 0 aliphatic heterocycles. The van der Waals surface area contributed by atoms with Gasteiger partial charge in [0.25, 0.3) is 0 Å². The lowest BCUT2D eigenvalue weighted by molar-refractivity contribution is -0.149. The van der Waals surface area contributed by atoms with Gasteiger partial charge < -0.3 is 30.5 Å². The first kappa shape index (κ1) is 31.4. The van der Waals surface area contributed by atoms with Crippen molar-refractivity contribution in [2.24, 2.45) is 5.92 Å². The Kier molecular flexibility index (Phi) is 13.7. The van der Waals surface area contributed by atoms with Crippen molar-refractivity contribution in [3.63, 3.8) is 0 Å². The Bertz CT molecular complexity index is 918. The summed E-state index contributed by atoms with van der Waals surface area (Å²) in [6.07, 6.45) is 2.53. The fourth-order valence-electron chi connectivity index (χ4n) is 3.20. The molecule has 0 aliphatic rings. The monoisotopic (exact) mass is 517 g/mol. The van der Waals surface area contributed by atoms with Crippen LogP contribution in [0.25, 0.3) is 0 Å². The highest BCUT2D eigenvalue weighted by Crippen LogP contribution is 2.14. The number of ether oxygens (including phenoxy) is 2. The number of rotatable bonds is 16. The molecule has 0 heterocycles. The number of alkyl carbamates (subject to hydrolysis) is 1. The molecule has 4 N–H and O–H groups in total. The van der Waals surface area contributed by atoms with E-state index in [1.807, 2.05) is 18.2 Å². The SMILES string of the molecule is C=CC[C@H](CC(=O)N[C@@H](C)CO)C(=O)NC(C)(C)COC(=O)[C@@H](CC=C)NC(=O)OCc1ccccc1. The summed E-state index contributed by atoms with van der Waals surface area (Å²) in [7, 11) is 0. The molecule has 0 unspecified atom stereocenters. The van der Waals surface area contributed by atoms with Crippen molar-refractivity contribution in [1.82, 2.24) is 16.0 Å². The van der Waals surface area contributed by atoms with E-state index in [2.05, 4.69) is 29.1 Å². The summed E-state index contributed by atoms with van der Waals surface area (Å²) in [4.78, 5) is 49.8. The Morgan fingerprint density at radius 1 is 1.03 bits per heavy atom. The van der Waals surface area contributed by atoms with Crippen molar-refractivity contribution in [1.29, 1.82) is 0 Å². The average Bonchev–Trinajstić information content (AvgIpc) is 2.85. The van der Waals surface area contributed by atoms with Crippen LogP contribution in [-0.4, -0.2) is 59.8 Å². The Labute approximate surface area is 218 Å². The molecular weight excluding hydrogens is 478 g/mol. The summed E-state index contributed by atoms with van der Waals surface area (Å²) >= 11 is 0. The Hall–Kier alpha value is -3.66. The van der Waals surface area contributed by atoms with Gasteiger partial charge in [0.05, 0.1) is 18.1 Å². The summed E-state index contributed by atoms with van der Waals surface area (Å²) in [6, 6.07) is 7.66. The third-order valence-corrected chi connectivity index (χ3v) is 5.16. The van der Waals surface area contributed by atoms with Gasteiger partial charge in [-0.25, -0.2) is 9.59 Å². The predicted molar refractivity (Wildman–Crippen MR) is 139 cm³/mol. The van der Waals surface area contributed by atoms with Crippen molar-refractivity contribution in [3.8, 4) is 0 Å². The molecule has 204 valence electrons. The normalized spacial score (nSPS) is 13.3. The number of nitrogens with one attached hydrogen (secondary N) is 3. The van der Waals surface area contributed by atoms with Crippen molar-refractivity contribution in [2.75, 3.05) is 13.2 Å². The Morgan fingerprint density at radius 3 is 2.27 bits per heavy atom. The Balaban J connectivity index is 2.64. The lowest BCUT2D eigenvalue weighted by Gasteiger charge is -2.29. The number of carbonyl (C=O) groups excluding carboxylic acids is 4. The van der Waals surface area contributed by atoms with E-state index in [0.29, 0.717) is 0 Å². The quantitative estimate of drug-likeness (QED) is 0.195. The van der Waals surface area contributed by atoms with Crippen molar-refractivity contribution < 1.29 is 33.8 Å². The molecule has 0 fully saturated rings. The van der Waals surface area contributed by atoms with Crippen LogP contribution >= 0.6 is 0 Å². The van der Waals surface area contributed by atoms with Crippen molar-refractivity contribution >= 4 is 23.9 Å². The lowest BCUT2D eigenvalue weighted by Crippen LogP contribution is -2.51. The first-order valence-corrected chi connectivity index (χ1v) is 12.1. The minimum Gasteiger partial charge on any atom is -0.462 e. The molecule has 0 spiro atoms. The molecule has 0 saturated heterocycles. The number of benzene rings is 1. The van der Waals surface area contributed by atoms with Gasteiger partial charge in [0, 0.05) is 12.5 Å². The molecule has 1 aromatic rings. The van der Waals surface area contributed by atoms with Gasteiger partial charge in [-0.15, -0.1) is 13.2 Å². The molecule has 1 rings (SSSR count).